The van der Waals surface area contributed by atoms with Crippen molar-refractivity contribution in [1.82, 2.24) is 0 Å². The highest BCUT2D eigenvalue weighted by atomic mass is 16.5. The summed E-state index contributed by atoms with van der Waals surface area (Å²) in [4.78, 5) is 2.51. The molecule has 0 aliphatic carbocycles. The number of para-hydroxylation sites is 1. The summed E-state index contributed by atoms with van der Waals surface area (Å²) in [6.07, 6.45) is 1.83. The van der Waals surface area contributed by atoms with Gasteiger partial charge in [-0.2, -0.15) is 0 Å². The van der Waals surface area contributed by atoms with Gasteiger partial charge in [0.25, 0.3) is 0 Å². The SMILES string of the molecule is CC(C)OC1CC(C(C)C)N(c2ccccc2)C1. The maximum Gasteiger partial charge on any atom is 0.0773 e. The van der Waals surface area contributed by atoms with Crippen LogP contribution in [0, 0.1) is 5.92 Å². The number of ether oxygens (including phenoxy) is 1. The maximum atomic E-state index is 6.00. The quantitative estimate of drug-likeness (QED) is 0.804. The van der Waals surface area contributed by atoms with Gasteiger partial charge in [0.1, 0.15) is 0 Å². The highest BCUT2D eigenvalue weighted by molar-refractivity contribution is 5.48. The Bertz CT molecular complexity index is 361. The topological polar surface area (TPSA) is 12.5 Å². The van der Waals surface area contributed by atoms with Crippen LogP contribution in [-0.4, -0.2) is 24.8 Å². The van der Waals surface area contributed by atoms with Gasteiger partial charge in [-0.3, -0.25) is 0 Å². The summed E-state index contributed by atoms with van der Waals surface area (Å²) in [6.45, 7) is 9.87. The van der Waals surface area contributed by atoms with Gasteiger partial charge in [0.05, 0.1) is 12.2 Å². The monoisotopic (exact) mass is 247 g/mol. The van der Waals surface area contributed by atoms with Gasteiger partial charge in [-0.15, -0.1) is 0 Å². The lowest BCUT2D eigenvalue weighted by atomic mass is 10.0. The van der Waals surface area contributed by atoms with Crippen LogP contribution in [0.4, 0.5) is 5.69 Å². The third-order valence-corrected chi connectivity index (χ3v) is 3.63. The van der Waals surface area contributed by atoms with Crippen LogP contribution in [0.2, 0.25) is 0 Å². The van der Waals surface area contributed by atoms with E-state index in [1.807, 2.05) is 0 Å². The Balaban J connectivity index is 2.12. The van der Waals surface area contributed by atoms with Gasteiger partial charge in [-0.1, -0.05) is 32.0 Å². The van der Waals surface area contributed by atoms with Crippen LogP contribution in [0.3, 0.4) is 0 Å². The molecule has 18 heavy (non-hydrogen) atoms. The summed E-state index contributed by atoms with van der Waals surface area (Å²) in [6, 6.07) is 11.3. The third kappa shape index (κ3) is 3.05. The highest BCUT2D eigenvalue weighted by Crippen LogP contribution is 2.31. The van der Waals surface area contributed by atoms with Gasteiger partial charge in [0.2, 0.25) is 0 Å². The van der Waals surface area contributed by atoms with E-state index in [0.29, 0.717) is 24.2 Å². The maximum absolute atomic E-state index is 6.00. The Hall–Kier alpha value is -1.02. The van der Waals surface area contributed by atoms with E-state index < -0.39 is 0 Å². The Morgan fingerprint density at radius 2 is 1.78 bits per heavy atom. The predicted molar refractivity (Wildman–Crippen MR) is 77.0 cm³/mol. The van der Waals surface area contributed by atoms with E-state index in [-0.39, 0.29) is 0 Å². The van der Waals surface area contributed by atoms with Crippen molar-refractivity contribution in [3.8, 4) is 0 Å². The molecule has 0 N–H and O–H groups in total. The van der Waals surface area contributed by atoms with E-state index >= 15 is 0 Å². The molecular weight excluding hydrogens is 222 g/mol. The average molecular weight is 247 g/mol. The second kappa shape index (κ2) is 5.75. The van der Waals surface area contributed by atoms with Gasteiger partial charge in [0, 0.05) is 18.3 Å². The van der Waals surface area contributed by atoms with Crippen molar-refractivity contribution in [1.29, 1.82) is 0 Å². The fourth-order valence-electron chi connectivity index (χ4n) is 2.86. The Morgan fingerprint density at radius 1 is 1.11 bits per heavy atom. The summed E-state index contributed by atoms with van der Waals surface area (Å²) in [7, 11) is 0. The fourth-order valence-corrected chi connectivity index (χ4v) is 2.86. The Kier molecular flexibility index (Phi) is 4.28. The molecule has 0 spiro atoms. The molecule has 0 amide bonds. The smallest absolute Gasteiger partial charge is 0.0773 e. The lowest BCUT2D eigenvalue weighted by Crippen LogP contribution is -2.33. The van der Waals surface area contributed by atoms with Gasteiger partial charge in [0.15, 0.2) is 0 Å². The van der Waals surface area contributed by atoms with Crippen molar-refractivity contribution in [2.75, 3.05) is 11.4 Å². The molecule has 2 unspecified atom stereocenters. The lowest BCUT2D eigenvalue weighted by molar-refractivity contribution is 0.0185. The summed E-state index contributed by atoms with van der Waals surface area (Å²) in [5.74, 6) is 0.658. The van der Waals surface area contributed by atoms with E-state index in [4.69, 9.17) is 4.74 Å². The normalized spacial score (nSPS) is 24.2. The zero-order chi connectivity index (χ0) is 13.1. The zero-order valence-corrected chi connectivity index (χ0v) is 12.0. The van der Waals surface area contributed by atoms with Crippen LogP contribution in [0.5, 0.6) is 0 Å². The number of benzene rings is 1. The van der Waals surface area contributed by atoms with Crippen LogP contribution in [0.15, 0.2) is 30.3 Å². The molecule has 2 rings (SSSR count). The molecule has 2 heteroatoms. The minimum atomic E-state index is 0.318. The second-order valence-electron chi connectivity index (χ2n) is 5.84. The van der Waals surface area contributed by atoms with Crippen molar-refractivity contribution < 1.29 is 4.74 Å². The summed E-state index contributed by atoms with van der Waals surface area (Å²) in [5.41, 5.74) is 1.33. The van der Waals surface area contributed by atoms with Crippen LogP contribution >= 0.6 is 0 Å². The van der Waals surface area contributed by atoms with E-state index in [2.05, 4.69) is 62.9 Å². The zero-order valence-electron chi connectivity index (χ0n) is 12.0. The van der Waals surface area contributed by atoms with Crippen molar-refractivity contribution in [2.45, 2.75) is 52.4 Å². The van der Waals surface area contributed by atoms with Crippen molar-refractivity contribution >= 4 is 5.69 Å². The van der Waals surface area contributed by atoms with E-state index in [1.54, 1.807) is 0 Å². The average Bonchev–Trinajstić information content (AvgIpc) is 2.73. The molecule has 0 saturated carbocycles. The van der Waals surface area contributed by atoms with E-state index in [1.165, 1.54) is 5.69 Å². The number of hydrogen-bond acceptors (Lipinski definition) is 2. The van der Waals surface area contributed by atoms with Gasteiger partial charge in [-0.05, 0) is 38.3 Å². The number of nitrogens with zero attached hydrogens (tertiary/aromatic N) is 1. The molecule has 2 atom stereocenters. The van der Waals surface area contributed by atoms with Crippen LogP contribution < -0.4 is 4.90 Å². The molecule has 1 saturated heterocycles. The standard InChI is InChI=1S/C16H25NO/c1-12(2)16-10-15(18-13(3)4)11-17(16)14-8-6-5-7-9-14/h5-9,12-13,15-16H,10-11H2,1-4H3. The van der Waals surface area contributed by atoms with Gasteiger partial charge in [-0.25, -0.2) is 0 Å². The highest BCUT2D eigenvalue weighted by Gasteiger charge is 2.34. The van der Waals surface area contributed by atoms with Crippen LogP contribution in [-0.2, 0) is 4.74 Å². The van der Waals surface area contributed by atoms with Crippen molar-refractivity contribution in [3.63, 3.8) is 0 Å². The van der Waals surface area contributed by atoms with Crippen LogP contribution in [0.25, 0.3) is 0 Å². The molecule has 0 radical (unpaired) electrons. The molecule has 1 aliphatic rings. The van der Waals surface area contributed by atoms with E-state index in [0.717, 1.165) is 13.0 Å². The third-order valence-electron chi connectivity index (χ3n) is 3.63. The molecule has 0 bridgehead atoms. The summed E-state index contributed by atoms with van der Waals surface area (Å²) in [5, 5.41) is 0. The molecule has 100 valence electrons. The number of hydrogen-bond donors (Lipinski definition) is 0. The number of anilines is 1. The summed E-state index contributed by atoms with van der Waals surface area (Å²) < 4.78 is 6.00. The molecule has 1 aliphatic heterocycles. The second-order valence-corrected chi connectivity index (χ2v) is 5.84. The summed E-state index contributed by atoms with van der Waals surface area (Å²) >= 11 is 0. The first-order chi connectivity index (χ1) is 8.58. The molecule has 1 fully saturated rings. The molecule has 0 aromatic heterocycles. The predicted octanol–water partition coefficient (Wildman–Crippen LogP) is 3.71. The van der Waals surface area contributed by atoms with Crippen molar-refractivity contribution in [3.05, 3.63) is 30.3 Å². The largest absolute Gasteiger partial charge is 0.374 e. The van der Waals surface area contributed by atoms with E-state index in [9.17, 15) is 0 Å². The first-order valence-corrected chi connectivity index (χ1v) is 7.05. The fraction of sp³-hybridized carbons (Fsp3) is 0.625. The molecule has 2 nitrogen and oxygen atoms in total. The first-order valence-electron chi connectivity index (χ1n) is 7.05. The van der Waals surface area contributed by atoms with Crippen molar-refractivity contribution in [2.24, 2.45) is 5.92 Å². The van der Waals surface area contributed by atoms with Gasteiger partial charge < -0.3 is 9.64 Å². The lowest BCUT2D eigenvalue weighted by Gasteiger charge is -2.29. The molecule has 1 heterocycles. The number of rotatable bonds is 4. The first kappa shape index (κ1) is 13.4. The molecule has 1 aromatic carbocycles. The van der Waals surface area contributed by atoms with Gasteiger partial charge >= 0.3 is 0 Å². The minimum Gasteiger partial charge on any atom is -0.374 e. The van der Waals surface area contributed by atoms with Crippen LogP contribution in [0.1, 0.15) is 34.1 Å². The Labute approximate surface area is 111 Å². The molecular formula is C16H25NO. The Morgan fingerprint density at radius 3 is 2.33 bits per heavy atom. The molecule has 1 aromatic rings. The minimum absolute atomic E-state index is 0.318.